The van der Waals surface area contributed by atoms with E-state index in [1.54, 1.807) is 0 Å². The van der Waals surface area contributed by atoms with Gasteiger partial charge in [-0.25, -0.2) is 0 Å². The zero-order valence-electron chi connectivity index (χ0n) is 22.8. The number of piperazine rings is 1. The standard InChI is InChI=1S/C31H39N3O4/c1-23(38-22-24-10-6-5-7-11-24)21-34-29(36)19-25(20-30(34)37)18-28(35)33-16-14-32(15-17-33)27-13-9-8-12-26(27)31(2,3)4/h5-13,25H,1,14-22H2,2-4H3. The van der Waals surface area contributed by atoms with Crippen molar-refractivity contribution >= 4 is 23.4 Å². The van der Waals surface area contributed by atoms with Crippen molar-refractivity contribution in [2.45, 2.75) is 52.1 Å². The van der Waals surface area contributed by atoms with E-state index < -0.39 is 0 Å². The van der Waals surface area contributed by atoms with Crippen LogP contribution in [0.2, 0.25) is 0 Å². The van der Waals surface area contributed by atoms with Crippen molar-refractivity contribution in [3.8, 4) is 0 Å². The smallest absolute Gasteiger partial charge is 0.229 e. The van der Waals surface area contributed by atoms with Crippen LogP contribution in [0.3, 0.4) is 0 Å². The highest BCUT2D eigenvalue weighted by Gasteiger charge is 2.35. The summed E-state index contributed by atoms with van der Waals surface area (Å²) in [6, 6.07) is 18.1. The van der Waals surface area contributed by atoms with Crippen LogP contribution in [0.4, 0.5) is 5.69 Å². The lowest BCUT2D eigenvalue weighted by atomic mass is 9.85. The summed E-state index contributed by atoms with van der Waals surface area (Å²) >= 11 is 0. The lowest BCUT2D eigenvalue weighted by molar-refractivity contribution is -0.150. The lowest BCUT2D eigenvalue weighted by Crippen LogP contribution is -2.50. The van der Waals surface area contributed by atoms with Gasteiger partial charge >= 0.3 is 0 Å². The quantitative estimate of drug-likeness (QED) is 0.380. The molecule has 0 radical (unpaired) electrons. The first-order valence-electron chi connectivity index (χ1n) is 13.4. The maximum absolute atomic E-state index is 13.1. The van der Waals surface area contributed by atoms with Gasteiger partial charge in [0.1, 0.15) is 12.4 Å². The highest BCUT2D eigenvalue weighted by molar-refractivity contribution is 5.98. The molecule has 0 aromatic heterocycles. The number of rotatable bonds is 8. The molecule has 0 atom stereocenters. The van der Waals surface area contributed by atoms with Crippen LogP contribution in [0.1, 0.15) is 51.2 Å². The Morgan fingerprint density at radius 1 is 0.921 bits per heavy atom. The number of nitrogens with zero attached hydrogens (tertiary/aromatic N) is 3. The number of likely N-dealkylation sites (tertiary alicyclic amines) is 1. The molecule has 7 nitrogen and oxygen atoms in total. The molecule has 0 spiro atoms. The van der Waals surface area contributed by atoms with E-state index in [-0.39, 0.29) is 54.9 Å². The molecule has 2 aliphatic heterocycles. The second-order valence-corrected chi connectivity index (χ2v) is 11.3. The third kappa shape index (κ3) is 6.82. The van der Waals surface area contributed by atoms with Crippen LogP contribution < -0.4 is 4.90 Å². The molecular formula is C31H39N3O4. The van der Waals surface area contributed by atoms with Crippen LogP contribution in [0.25, 0.3) is 0 Å². The second kappa shape index (κ2) is 11.8. The fourth-order valence-electron chi connectivity index (χ4n) is 5.18. The van der Waals surface area contributed by atoms with Crippen molar-refractivity contribution < 1.29 is 19.1 Å². The van der Waals surface area contributed by atoms with E-state index in [2.05, 4.69) is 56.5 Å². The van der Waals surface area contributed by atoms with Crippen molar-refractivity contribution in [1.29, 1.82) is 0 Å². The second-order valence-electron chi connectivity index (χ2n) is 11.3. The molecule has 0 aliphatic carbocycles. The van der Waals surface area contributed by atoms with Crippen molar-refractivity contribution in [2.75, 3.05) is 37.6 Å². The van der Waals surface area contributed by atoms with E-state index in [1.807, 2.05) is 35.2 Å². The van der Waals surface area contributed by atoms with Crippen LogP contribution in [0, 0.1) is 5.92 Å². The Labute approximate surface area is 226 Å². The minimum atomic E-state index is -0.271. The molecule has 38 heavy (non-hydrogen) atoms. The molecule has 4 rings (SSSR count). The van der Waals surface area contributed by atoms with Crippen LogP contribution >= 0.6 is 0 Å². The van der Waals surface area contributed by atoms with Crippen molar-refractivity contribution in [3.05, 3.63) is 78.1 Å². The van der Waals surface area contributed by atoms with E-state index in [0.717, 1.165) is 18.7 Å². The SMILES string of the molecule is C=C(CN1C(=O)CC(CC(=O)N2CCN(c3ccccc3C(C)(C)C)CC2)CC1=O)OCc1ccccc1. The Bertz CT molecular complexity index is 1150. The summed E-state index contributed by atoms with van der Waals surface area (Å²) in [7, 11) is 0. The van der Waals surface area contributed by atoms with E-state index in [4.69, 9.17) is 4.74 Å². The number of amides is 3. The molecule has 0 bridgehead atoms. The van der Waals surface area contributed by atoms with Gasteiger partial charge in [-0.05, 0) is 28.5 Å². The molecule has 202 valence electrons. The van der Waals surface area contributed by atoms with Crippen molar-refractivity contribution in [1.82, 2.24) is 9.80 Å². The summed E-state index contributed by atoms with van der Waals surface area (Å²) < 4.78 is 5.66. The van der Waals surface area contributed by atoms with Gasteiger partial charge in [-0.15, -0.1) is 0 Å². The van der Waals surface area contributed by atoms with Gasteiger partial charge in [0.15, 0.2) is 0 Å². The molecule has 0 N–H and O–H groups in total. The average Bonchev–Trinajstić information content (AvgIpc) is 2.90. The molecule has 2 aromatic rings. The predicted octanol–water partition coefficient (Wildman–Crippen LogP) is 4.52. The fourth-order valence-corrected chi connectivity index (χ4v) is 5.18. The van der Waals surface area contributed by atoms with E-state index in [0.29, 0.717) is 25.5 Å². The topological polar surface area (TPSA) is 70.2 Å². The highest BCUT2D eigenvalue weighted by atomic mass is 16.5. The normalized spacial score (nSPS) is 17.1. The van der Waals surface area contributed by atoms with Gasteiger partial charge in [-0.3, -0.25) is 19.3 Å². The van der Waals surface area contributed by atoms with Crippen LogP contribution in [0.15, 0.2) is 66.9 Å². The Balaban J connectivity index is 1.24. The van der Waals surface area contributed by atoms with Gasteiger partial charge < -0.3 is 14.5 Å². The molecule has 3 amide bonds. The van der Waals surface area contributed by atoms with Gasteiger partial charge in [0, 0.05) is 51.1 Å². The Hall–Kier alpha value is -3.61. The number of ether oxygens (including phenoxy) is 1. The molecule has 2 fully saturated rings. The number of para-hydroxylation sites is 1. The van der Waals surface area contributed by atoms with Crippen molar-refractivity contribution in [3.63, 3.8) is 0 Å². The average molecular weight is 518 g/mol. The summed E-state index contributed by atoms with van der Waals surface area (Å²) in [6.07, 6.45) is 0.583. The van der Waals surface area contributed by atoms with Crippen LogP contribution in [-0.4, -0.2) is 60.2 Å². The van der Waals surface area contributed by atoms with E-state index >= 15 is 0 Å². The number of benzene rings is 2. The third-order valence-corrected chi connectivity index (χ3v) is 7.30. The lowest BCUT2D eigenvalue weighted by Gasteiger charge is -2.39. The molecule has 2 heterocycles. The zero-order chi connectivity index (χ0) is 27.3. The van der Waals surface area contributed by atoms with E-state index in [1.165, 1.54) is 16.2 Å². The predicted molar refractivity (Wildman–Crippen MR) is 148 cm³/mol. The van der Waals surface area contributed by atoms with Gasteiger partial charge in [0.05, 0.1) is 6.54 Å². The summed E-state index contributed by atoms with van der Waals surface area (Å²) in [5.41, 5.74) is 3.56. The molecule has 0 unspecified atom stereocenters. The first kappa shape index (κ1) is 27.4. The number of piperidine rings is 1. The molecule has 0 saturated carbocycles. The number of hydrogen-bond acceptors (Lipinski definition) is 5. The molecule has 7 heteroatoms. The monoisotopic (exact) mass is 517 g/mol. The molecule has 2 aromatic carbocycles. The van der Waals surface area contributed by atoms with Gasteiger partial charge in [-0.2, -0.15) is 0 Å². The van der Waals surface area contributed by atoms with Gasteiger partial charge in [-0.1, -0.05) is 75.9 Å². The highest BCUT2D eigenvalue weighted by Crippen LogP contribution is 2.32. The zero-order valence-corrected chi connectivity index (χ0v) is 22.8. The number of carbonyl (C=O) groups excluding carboxylic acids is 3. The third-order valence-electron chi connectivity index (χ3n) is 7.30. The fraction of sp³-hybridized carbons (Fsp3) is 0.452. The Morgan fingerprint density at radius 2 is 1.53 bits per heavy atom. The first-order valence-corrected chi connectivity index (χ1v) is 13.4. The number of carbonyl (C=O) groups is 3. The minimum absolute atomic E-state index is 0.0170. The number of imide groups is 1. The number of anilines is 1. The Morgan fingerprint density at radius 3 is 2.16 bits per heavy atom. The summed E-state index contributed by atoms with van der Waals surface area (Å²) in [4.78, 5) is 44.0. The maximum atomic E-state index is 13.1. The molecule has 2 saturated heterocycles. The minimum Gasteiger partial charge on any atom is -0.492 e. The number of hydrogen-bond donors (Lipinski definition) is 0. The van der Waals surface area contributed by atoms with Gasteiger partial charge in [0.25, 0.3) is 0 Å². The first-order chi connectivity index (χ1) is 18.1. The van der Waals surface area contributed by atoms with Crippen LogP contribution in [0.5, 0.6) is 0 Å². The maximum Gasteiger partial charge on any atom is 0.229 e. The molecular weight excluding hydrogens is 478 g/mol. The largest absolute Gasteiger partial charge is 0.492 e. The van der Waals surface area contributed by atoms with Crippen LogP contribution in [-0.2, 0) is 31.1 Å². The summed E-state index contributed by atoms with van der Waals surface area (Å²) in [5, 5.41) is 0. The van der Waals surface area contributed by atoms with Gasteiger partial charge in [0.2, 0.25) is 17.7 Å². The summed E-state index contributed by atoms with van der Waals surface area (Å²) in [6.45, 7) is 13.7. The van der Waals surface area contributed by atoms with E-state index in [9.17, 15) is 14.4 Å². The Kier molecular flexibility index (Phi) is 8.55. The molecule has 2 aliphatic rings. The van der Waals surface area contributed by atoms with Crippen molar-refractivity contribution in [2.24, 2.45) is 5.92 Å². The summed E-state index contributed by atoms with van der Waals surface area (Å²) in [5.74, 6) is -0.421.